The van der Waals surface area contributed by atoms with Crippen LogP contribution < -0.4 is 14.9 Å². The number of nitrogens with one attached hydrogen (secondary N) is 1. The molecule has 2 saturated heterocycles. The lowest BCUT2D eigenvalue weighted by Gasteiger charge is -2.56. The summed E-state index contributed by atoms with van der Waals surface area (Å²) in [5, 5.41) is 12.8. The smallest absolute Gasteiger partial charge is 0.415 e. The van der Waals surface area contributed by atoms with E-state index < -0.39 is 18.3 Å². The molecule has 6 rings (SSSR count). The van der Waals surface area contributed by atoms with Gasteiger partial charge in [0.15, 0.2) is 11.5 Å². The predicted octanol–water partition coefficient (Wildman–Crippen LogP) is 1.83. The molecule has 9 nitrogen and oxygen atoms in total. The minimum atomic E-state index is -0.711. The van der Waals surface area contributed by atoms with E-state index in [0.717, 1.165) is 50.9 Å². The first-order chi connectivity index (χ1) is 17.4. The maximum atomic E-state index is 13.0. The molecule has 0 saturated carbocycles. The van der Waals surface area contributed by atoms with Gasteiger partial charge >= 0.3 is 6.09 Å². The zero-order valence-electron chi connectivity index (χ0n) is 21.1. The summed E-state index contributed by atoms with van der Waals surface area (Å²) in [5.41, 5.74) is 4.90. The van der Waals surface area contributed by atoms with Crippen molar-refractivity contribution in [2.45, 2.75) is 62.2 Å². The van der Waals surface area contributed by atoms with Crippen LogP contribution in [-0.2, 0) is 16.6 Å². The van der Waals surface area contributed by atoms with Gasteiger partial charge in [-0.3, -0.25) is 10.2 Å². The Bertz CT molecular complexity index is 1080. The van der Waals surface area contributed by atoms with Crippen LogP contribution in [0.4, 0.5) is 4.79 Å². The molecular formula is C27H36N4O5. The van der Waals surface area contributed by atoms with E-state index in [-0.39, 0.29) is 23.8 Å². The number of ether oxygens (including phenoxy) is 2. The van der Waals surface area contributed by atoms with Crippen molar-refractivity contribution in [3.05, 3.63) is 35.4 Å². The average molecular weight is 497 g/mol. The molecule has 1 spiro atoms. The summed E-state index contributed by atoms with van der Waals surface area (Å²) in [4.78, 5) is 29.2. The number of likely N-dealkylation sites (tertiary alicyclic amines) is 1. The minimum Gasteiger partial charge on any atom is -0.482 e. The van der Waals surface area contributed by atoms with E-state index in [2.05, 4.69) is 23.4 Å². The van der Waals surface area contributed by atoms with Gasteiger partial charge in [0, 0.05) is 43.1 Å². The van der Waals surface area contributed by atoms with Crippen LogP contribution in [0.2, 0.25) is 0 Å². The number of aliphatic hydroxyl groups excluding tert-OH is 1. The van der Waals surface area contributed by atoms with Gasteiger partial charge in [0.1, 0.15) is 18.8 Å². The number of hydrogen-bond acceptors (Lipinski definition) is 7. The van der Waals surface area contributed by atoms with Crippen molar-refractivity contribution in [2.75, 3.05) is 40.3 Å². The largest absolute Gasteiger partial charge is 0.482 e. The Morgan fingerprint density at radius 3 is 2.75 bits per heavy atom. The first-order valence-electron chi connectivity index (χ1n) is 13.3. The van der Waals surface area contributed by atoms with Crippen molar-refractivity contribution in [2.24, 2.45) is 5.92 Å². The van der Waals surface area contributed by atoms with E-state index in [1.54, 1.807) is 13.1 Å². The third kappa shape index (κ3) is 3.71. The fourth-order valence-corrected chi connectivity index (χ4v) is 7.15. The fraction of sp³-hybridized carbons (Fsp3) is 0.630. The Hall–Kier alpha value is -2.62. The van der Waals surface area contributed by atoms with E-state index >= 15 is 0 Å². The minimum absolute atomic E-state index is 0.0955. The van der Waals surface area contributed by atoms with E-state index in [1.807, 2.05) is 17.2 Å². The van der Waals surface area contributed by atoms with Crippen LogP contribution in [0.5, 0.6) is 11.5 Å². The second kappa shape index (κ2) is 9.04. The molecule has 1 aromatic rings. The van der Waals surface area contributed by atoms with E-state index in [4.69, 9.17) is 9.47 Å². The van der Waals surface area contributed by atoms with Crippen LogP contribution in [0.3, 0.4) is 0 Å². The number of benzene rings is 1. The Morgan fingerprint density at radius 1 is 1.19 bits per heavy atom. The summed E-state index contributed by atoms with van der Waals surface area (Å²) in [6, 6.07) is 4.18. The summed E-state index contributed by atoms with van der Waals surface area (Å²) in [6.45, 7) is 2.50. The highest BCUT2D eigenvalue weighted by atomic mass is 16.6. The molecule has 2 aliphatic carbocycles. The molecule has 2 amide bonds. The van der Waals surface area contributed by atoms with Gasteiger partial charge in [-0.2, -0.15) is 0 Å². The molecule has 1 aromatic carbocycles. The van der Waals surface area contributed by atoms with Gasteiger partial charge in [-0.1, -0.05) is 31.1 Å². The predicted molar refractivity (Wildman–Crippen MR) is 133 cm³/mol. The highest BCUT2D eigenvalue weighted by Crippen LogP contribution is 2.62. The standard InChI is InChI=1S/C27H36N4O5/c1-29-14-11-27-18-8-9-20(32)25(27)36-24-21(10-7-17(23(24)27)15-19(18)29)35-26(34)30(2)16-22(33)28-31-12-5-3-4-6-13-31/h7-10,18-20,25,32H,3-6,11-16H2,1-2H3,(H,28,33)/t18?,19?,20-,25-,27-/m0/s1. The van der Waals surface area contributed by atoms with E-state index in [0.29, 0.717) is 17.5 Å². The van der Waals surface area contributed by atoms with E-state index in [1.165, 1.54) is 23.3 Å². The number of aliphatic hydroxyl groups is 1. The quantitative estimate of drug-likeness (QED) is 0.614. The maximum Gasteiger partial charge on any atom is 0.415 e. The zero-order valence-corrected chi connectivity index (χ0v) is 21.1. The Morgan fingerprint density at radius 2 is 1.97 bits per heavy atom. The van der Waals surface area contributed by atoms with E-state index in [9.17, 15) is 14.7 Å². The number of hydrogen-bond donors (Lipinski definition) is 2. The number of rotatable bonds is 4. The number of carbonyl (C=O) groups excluding carboxylic acids is 2. The van der Waals surface area contributed by atoms with Gasteiger partial charge in [0.2, 0.25) is 0 Å². The lowest BCUT2D eigenvalue weighted by atomic mass is 9.53. The molecule has 0 aromatic heterocycles. The number of piperidine rings is 1. The Labute approximate surface area is 212 Å². The normalized spacial score (nSPS) is 32.8. The molecule has 2 N–H and O–H groups in total. The molecule has 5 aliphatic rings. The molecule has 2 fully saturated rings. The summed E-state index contributed by atoms with van der Waals surface area (Å²) in [6.07, 6.45) is 8.56. The highest BCUT2D eigenvalue weighted by Gasteiger charge is 2.64. The molecule has 3 aliphatic heterocycles. The number of likely N-dealkylation sites (N-methyl/N-ethyl adjacent to an activating group) is 2. The van der Waals surface area contributed by atoms with Crippen LogP contribution in [-0.4, -0.2) is 90.4 Å². The third-order valence-electron chi connectivity index (χ3n) is 8.91. The number of nitrogens with zero attached hydrogens (tertiary/aromatic N) is 3. The second-order valence-corrected chi connectivity index (χ2v) is 11.1. The van der Waals surface area contributed by atoms with Gasteiger partial charge in [0.05, 0.1) is 0 Å². The Balaban J connectivity index is 1.20. The summed E-state index contributed by atoms with van der Waals surface area (Å²) >= 11 is 0. The van der Waals surface area contributed by atoms with Crippen molar-refractivity contribution in [1.82, 2.24) is 20.2 Å². The average Bonchev–Trinajstić information content (AvgIpc) is 3.00. The number of carbonyl (C=O) groups is 2. The second-order valence-electron chi connectivity index (χ2n) is 11.1. The molecule has 36 heavy (non-hydrogen) atoms. The summed E-state index contributed by atoms with van der Waals surface area (Å²) < 4.78 is 12.2. The lowest BCUT2D eigenvalue weighted by molar-refractivity contribution is -0.126. The van der Waals surface area contributed by atoms with Crippen LogP contribution in [0.15, 0.2) is 24.3 Å². The molecule has 9 heteroatoms. The molecule has 2 unspecified atom stereocenters. The summed E-state index contributed by atoms with van der Waals surface area (Å²) in [7, 11) is 3.73. The summed E-state index contributed by atoms with van der Waals surface area (Å²) in [5.74, 6) is 0.936. The van der Waals surface area contributed by atoms with Gasteiger partial charge in [-0.25, -0.2) is 9.80 Å². The fourth-order valence-electron chi connectivity index (χ4n) is 7.15. The third-order valence-corrected chi connectivity index (χ3v) is 8.91. The first kappa shape index (κ1) is 23.8. The molecule has 2 bridgehead atoms. The lowest BCUT2D eigenvalue weighted by Crippen LogP contribution is -2.64. The van der Waals surface area contributed by atoms with Gasteiger partial charge in [-0.05, 0) is 50.9 Å². The number of hydrazine groups is 1. The molecule has 194 valence electrons. The van der Waals surface area contributed by atoms with Crippen LogP contribution in [0.25, 0.3) is 0 Å². The maximum absolute atomic E-state index is 13.0. The van der Waals surface area contributed by atoms with Crippen molar-refractivity contribution >= 4 is 12.0 Å². The van der Waals surface area contributed by atoms with Crippen LogP contribution >= 0.6 is 0 Å². The zero-order chi connectivity index (χ0) is 25.0. The molecule has 0 radical (unpaired) electrons. The molecule has 5 atom stereocenters. The van der Waals surface area contributed by atoms with Gasteiger partial charge in [-0.15, -0.1) is 0 Å². The number of amides is 2. The van der Waals surface area contributed by atoms with Crippen LogP contribution in [0, 0.1) is 5.92 Å². The monoisotopic (exact) mass is 496 g/mol. The highest BCUT2D eigenvalue weighted by molar-refractivity contribution is 5.82. The van der Waals surface area contributed by atoms with Crippen molar-refractivity contribution in [3.63, 3.8) is 0 Å². The van der Waals surface area contributed by atoms with Crippen molar-refractivity contribution in [1.29, 1.82) is 0 Å². The van der Waals surface area contributed by atoms with Crippen LogP contribution in [0.1, 0.15) is 43.2 Å². The van der Waals surface area contributed by atoms with Gasteiger partial charge in [0.25, 0.3) is 5.91 Å². The molecule has 3 heterocycles. The first-order valence-corrected chi connectivity index (χ1v) is 13.3. The van der Waals surface area contributed by atoms with Crippen molar-refractivity contribution < 1.29 is 24.2 Å². The topological polar surface area (TPSA) is 94.6 Å². The van der Waals surface area contributed by atoms with Gasteiger partial charge < -0.3 is 24.4 Å². The Kier molecular flexibility index (Phi) is 5.97. The van der Waals surface area contributed by atoms with Crippen molar-refractivity contribution in [3.8, 4) is 11.5 Å². The molecular weight excluding hydrogens is 460 g/mol. The SMILES string of the molecule is CN(CC(=O)NN1CCCCCC1)C(=O)Oc1ccc2c3c1O[C@H]1[C@@H](O)C=CC4C(C2)N(C)CC[C@@]341.